The number of aliphatic hydroxyl groups excluding tert-OH is 1. The van der Waals surface area contributed by atoms with E-state index in [0.29, 0.717) is 15.7 Å². The van der Waals surface area contributed by atoms with Crippen LogP contribution in [0.15, 0.2) is 11.6 Å². The van der Waals surface area contributed by atoms with Gasteiger partial charge in [0.05, 0.1) is 16.9 Å². The van der Waals surface area contributed by atoms with Crippen molar-refractivity contribution in [3.8, 4) is 0 Å². The van der Waals surface area contributed by atoms with Gasteiger partial charge in [0.15, 0.2) is 0 Å². The average molecular weight is 272 g/mol. The zero-order chi connectivity index (χ0) is 12.4. The zero-order valence-electron chi connectivity index (χ0n) is 9.72. The Kier molecular flexibility index (Phi) is 3.81. The molecule has 0 radical (unpaired) electrons. The summed E-state index contributed by atoms with van der Waals surface area (Å²) < 4.78 is 1.74. The van der Waals surface area contributed by atoms with Crippen molar-refractivity contribution in [1.29, 1.82) is 0 Å². The van der Waals surface area contributed by atoms with Crippen molar-refractivity contribution in [1.82, 2.24) is 14.8 Å². The highest BCUT2D eigenvalue weighted by atomic mass is 35.5. The van der Waals surface area contributed by atoms with Crippen molar-refractivity contribution >= 4 is 22.9 Å². The molecule has 1 unspecified atom stereocenters. The van der Waals surface area contributed by atoms with Crippen molar-refractivity contribution in [2.24, 2.45) is 0 Å². The van der Waals surface area contributed by atoms with Crippen LogP contribution in [0.5, 0.6) is 0 Å². The molecular weight excluding hydrogens is 258 g/mol. The highest BCUT2D eigenvalue weighted by Crippen LogP contribution is 2.30. The van der Waals surface area contributed by atoms with E-state index in [2.05, 4.69) is 17.0 Å². The highest BCUT2D eigenvalue weighted by Gasteiger charge is 2.22. The van der Waals surface area contributed by atoms with Crippen LogP contribution >= 0.6 is 22.9 Å². The zero-order valence-corrected chi connectivity index (χ0v) is 11.3. The molecule has 0 aliphatic heterocycles. The Morgan fingerprint density at radius 2 is 2.35 bits per heavy atom. The predicted molar refractivity (Wildman–Crippen MR) is 68.4 cm³/mol. The van der Waals surface area contributed by atoms with Crippen molar-refractivity contribution in [2.75, 3.05) is 0 Å². The fourth-order valence-corrected chi connectivity index (χ4v) is 2.67. The lowest BCUT2D eigenvalue weighted by atomic mass is 10.2. The maximum atomic E-state index is 10.3. The van der Waals surface area contributed by atoms with Crippen LogP contribution in [0.4, 0.5) is 0 Å². The quantitative estimate of drug-likeness (QED) is 0.930. The number of aryl methyl sites for hydroxylation is 2. The van der Waals surface area contributed by atoms with E-state index in [1.807, 2.05) is 12.3 Å². The molecule has 0 aliphatic carbocycles. The summed E-state index contributed by atoms with van der Waals surface area (Å²) in [7, 11) is 0. The molecular formula is C11H14ClN3OS. The Hall–Kier alpha value is -0.910. The van der Waals surface area contributed by atoms with Gasteiger partial charge in [-0.2, -0.15) is 5.10 Å². The molecule has 2 aromatic rings. The standard InChI is InChI=1S/C11H14ClN3OS/c1-3-4-15-9(8(12)5-13-15)10(16)11-14-7(2)6-17-11/h5-6,10,16H,3-4H2,1-2H3. The number of halogens is 1. The maximum Gasteiger partial charge on any atom is 0.148 e. The molecule has 0 saturated carbocycles. The lowest BCUT2D eigenvalue weighted by Crippen LogP contribution is -2.10. The van der Waals surface area contributed by atoms with E-state index in [9.17, 15) is 5.11 Å². The first-order valence-electron chi connectivity index (χ1n) is 5.44. The third-order valence-corrected chi connectivity index (χ3v) is 3.70. The first-order valence-corrected chi connectivity index (χ1v) is 6.70. The molecule has 2 aromatic heterocycles. The Labute approximate surface area is 109 Å². The fourth-order valence-electron chi connectivity index (χ4n) is 1.65. The van der Waals surface area contributed by atoms with Crippen LogP contribution in [0.1, 0.15) is 35.8 Å². The monoisotopic (exact) mass is 271 g/mol. The smallest absolute Gasteiger partial charge is 0.148 e. The molecule has 6 heteroatoms. The fraction of sp³-hybridized carbons (Fsp3) is 0.455. The Morgan fingerprint density at radius 3 is 2.94 bits per heavy atom. The summed E-state index contributed by atoms with van der Waals surface area (Å²) in [6.45, 7) is 4.69. The van der Waals surface area contributed by atoms with Gasteiger partial charge in [-0.1, -0.05) is 18.5 Å². The van der Waals surface area contributed by atoms with Gasteiger partial charge < -0.3 is 5.11 Å². The third-order valence-electron chi connectivity index (χ3n) is 2.40. The topological polar surface area (TPSA) is 50.9 Å². The van der Waals surface area contributed by atoms with Gasteiger partial charge in [-0.05, 0) is 13.3 Å². The van der Waals surface area contributed by atoms with Crippen LogP contribution < -0.4 is 0 Å². The van der Waals surface area contributed by atoms with Gasteiger partial charge in [-0.25, -0.2) is 4.98 Å². The molecule has 92 valence electrons. The van der Waals surface area contributed by atoms with E-state index in [-0.39, 0.29) is 0 Å². The third kappa shape index (κ3) is 2.51. The van der Waals surface area contributed by atoms with Crippen molar-refractivity contribution < 1.29 is 5.11 Å². The number of hydrogen-bond acceptors (Lipinski definition) is 4. The maximum absolute atomic E-state index is 10.3. The molecule has 2 heterocycles. The highest BCUT2D eigenvalue weighted by molar-refractivity contribution is 7.09. The van der Waals surface area contributed by atoms with Gasteiger partial charge in [-0.3, -0.25) is 4.68 Å². The van der Waals surface area contributed by atoms with E-state index < -0.39 is 6.10 Å². The summed E-state index contributed by atoms with van der Waals surface area (Å²) in [5, 5.41) is 17.5. The van der Waals surface area contributed by atoms with Crippen molar-refractivity contribution in [3.05, 3.63) is 33.0 Å². The molecule has 0 fully saturated rings. The van der Waals surface area contributed by atoms with E-state index in [0.717, 1.165) is 18.7 Å². The van der Waals surface area contributed by atoms with Crippen LogP contribution in [-0.2, 0) is 6.54 Å². The molecule has 0 aromatic carbocycles. The van der Waals surface area contributed by atoms with Crippen LogP contribution in [0.3, 0.4) is 0 Å². The largest absolute Gasteiger partial charge is 0.379 e. The molecule has 0 amide bonds. The minimum atomic E-state index is -0.796. The van der Waals surface area contributed by atoms with Gasteiger partial charge in [0.2, 0.25) is 0 Å². The molecule has 0 spiro atoms. The van der Waals surface area contributed by atoms with Crippen LogP contribution in [-0.4, -0.2) is 19.9 Å². The molecule has 1 atom stereocenters. The van der Waals surface area contributed by atoms with Gasteiger partial charge in [-0.15, -0.1) is 11.3 Å². The Bertz CT molecular complexity index is 509. The summed E-state index contributed by atoms with van der Waals surface area (Å²) in [6.07, 6.45) is 1.71. The minimum Gasteiger partial charge on any atom is -0.379 e. The number of aliphatic hydroxyl groups is 1. The number of thiazole rings is 1. The van der Waals surface area contributed by atoms with Gasteiger partial charge in [0.1, 0.15) is 11.1 Å². The van der Waals surface area contributed by atoms with Gasteiger partial charge in [0.25, 0.3) is 0 Å². The second-order valence-electron chi connectivity index (χ2n) is 3.83. The predicted octanol–water partition coefficient (Wildman–Crippen LogP) is 2.79. The molecule has 2 rings (SSSR count). The second kappa shape index (κ2) is 5.16. The number of rotatable bonds is 4. The van der Waals surface area contributed by atoms with E-state index in [1.54, 1.807) is 10.9 Å². The number of hydrogen-bond donors (Lipinski definition) is 1. The molecule has 0 bridgehead atoms. The first-order chi connectivity index (χ1) is 8.13. The normalized spacial score (nSPS) is 12.9. The summed E-state index contributed by atoms with van der Waals surface area (Å²) >= 11 is 7.50. The summed E-state index contributed by atoms with van der Waals surface area (Å²) in [4.78, 5) is 4.28. The average Bonchev–Trinajstić information content (AvgIpc) is 2.86. The lowest BCUT2D eigenvalue weighted by molar-refractivity contribution is 0.207. The minimum absolute atomic E-state index is 0.485. The van der Waals surface area contributed by atoms with Crippen molar-refractivity contribution in [3.63, 3.8) is 0 Å². The lowest BCUT2D eigenvalue weighted by Gasteiger charge is -2.11. The summed E-state index contributed by atoms with van der Waals surface area (Å²) in [5.74, 6) is 0. The van der Waals surface area contributed by atoms with Crippen LogP contribution in [0, 0.1) is 6.92 Å². The molecule has 17 heavy (non-hydrogen) atoms. The Morgan fingerprint density at radius 1 is 1.59 bits per heavy atom. The van der Waals surface area contributed by atoms with Crippen LogP contribution in [0.2, 0.25) is 5.02 Å². The SMILES string of the molecule is CCCn1ncc(Cl)c1C(O)c1nc(C)cs1. The molecule has 1 N–H and O–H groups in total. The van der Waals surface area contributed by atoms with Crippen LogP contribution in [0.25, 0.3) is 0 Å². The first kappa shape index (κ1) is 12.5. The molecule has 0 saturated heterocycles. The molecule has 4 nitrogen and oxygen atoms in total. The van der Waals surface area contributed by atoms with Crippen molar-refractivity contribution in [2.45, 2.75) is 32.9 Å². The second-order valence-corrected chi connectivity index (χ2v) is 5.13. The summed E-state index contributed by atoms with van der Waals surface area (Å²) in [5.41, 5.74) is 1.53. The van der Waals surface area contributed by atoms with Gasteiger partial charge >= 0.3 is 0 Å². The molecule has 0 aliphatic rings. The Balaban J connectivity index is 2.35. The van der Waals surface area contributed by atoms with E-state index in [4.69, 9.17) is 11.6 Å². The summed E-state index contributed by atoms with van der Waals surface area (Å²) in [6, 6.07) is 0. The van der Waals surface area contributed by atoms with E-state index in [1.165, 1.54) is 11.3 Å². The van der Waals surface area contributed by atoms with Gasteiger partial charge in [0, 0.05) is 17.6 Å². The number of aromatic nitrogens is 3. The number of nitrogens with zero attached hydrogens (tertiary/aromatic N) is 3. The van der Waals surface area contributed by atoms with E-state index >= 15 is 0 Å².